The summed E-state index contributed by atoms with van der Waals surface area (Å²) >= 11 is 0. The Morgan fingerprint density at radius 2 is 2.12 bits per heavy atom. The van der Waals surface area contributed by atoms with Crippen molar-refractivity contribution < 1.29 is 9.47 Å². The number of ether oxygens (including phenoxy) is 2. The quantitative estimate of drug-likeness (QED) is 0.484. The minimum atomic E-state index is -0.0347. The number of benzene rings is 1. The molecule has 0 radical (unpaired) electrons. The van der Waals surface area contributed by atoms with Gasteiger partial charge in [0, 0.05) is 60.7 Å². The zero-order valence-electron chi connectivity index (χ0n) is 18.8. The summed E-state index contributed by atoms with van der Waals surface area (Å²) in [5.41, 5.74) is 5.51. The zero-order valence-corrected chi connectivity index (χ0v) is 18.8. The highest BCUT2D eigenvalue weighted by Crippen LogP contribution is 2.31. The normalized spacial score (nSPS) is 17.3. The Hall–Kier alpha value is -3.16. The molecule has 4 heterocycles. The summed E-state index contributed by atoms with van der Waals surface area (Å²) in [6, 6.07) is 12.8. The first-order valence-electron chi connectivity index (χ1n) is 11.1. The summed E-state index contributed by atoms with van der Waals surface area (Å²) in [4.78, 5) is 7.14. The van der Waals surface area contributed by atoms with Gasteiger partial charge >= 0.3 is 0 Å². The second-order valence-corrected chi connectivity index (χ2v) is 8.58. The van der Waals surface area contributed by atoms with Gasteiger partial charge in [0.2, 0.25) is 0 Å². The van der Waals surface area contributed by atoms with Crippen LogP contribution in [0.2, 0.25) is 0 Å². The molecule has 1 atom stereocenters. The van der Waals surface area contributed by atoms with E-state index in [0.29, 0.717) is 12.6 Å². The van der Waals surface area contributed by atoms with Crippen LogP contribution < -0.4 is 4.74 Å². The number of methoxy groups -OCH3 is 1. The highest BCUT2D eigenvalue weighted by molar-refractivity contribution is 5.85. The lowest BCUT2D eigenvalue weighted by Crippen LogP contribution is -2.38. The van der Waals surface area contributed by atoms with Gasteiger partial charge in [-0.3, -0.25) is 15.0 Å². The van der Waals surface area contributed by atoms with Gasteiger partial charge in [0.1, 0.15) is 11.9 Å². The van der Waals surface area contributed by atoms with Gasteiger partial charge in [0.05, 0.1) is 25.1 Å². The molecule has 4 aromatic rings. The number of pyridine rings is 1. The average molecular weight is 432 g/mol. The van der Waals surface area contributed by atoms with E-state index in [4.69, 9.17) is 9.47 Å². The van der Waals surface area contributed by atoms with Crippen LogP contribution in [-0.4, -0.2) is 51.5 Å². The smallest absolute Gasteiger partial charge is 0.119 e. The van der Waals surface area contributed by atoms with Crippen molar-refractivity contribution in [3.63, 3.8) is 0 Å². The van der Waals surface area contributed by atoms with Crippen LogP contribution in [0.3, 0.4) is 0 Å². The summed E-state index contributed by atoms with van der Waals surface area (Å²) in [7, 11) is 1.72. The molecule has 0 saturated carbocycles. The van der Waals surface area contributed by atoms with Crippen molar-refractivity contribution in [2.75, 3.05) is 26.8 Å². The third-order valence-corrected chi connectivity index (χ3v) is 6.15. The molecule has 1 aliphatic heterocycles. The summed E-state index contributed by atoms with van der Waals surface area (Å²) in [6.07, 6.45) is 5.88. The van der Waals surface area contributed by atoms with E-state index in [0.717, 1.165) is 42.3 Å². The molecule has 0 spiro atoms. The largest absolute Gasteiger partial charge is 0.497 e. The van der Waals surface area contributed by atoms with Crippen molar-refractivity contribution in [3.8, 4) is 17.0 Å². The van der Waals surface area contributed by atoms with Crippen LogP contribution in [0.4, 0.5) is 0 Å². The number of nitrogens with one attached hydrogen (secondary N) is 1. The number of aromatic amines is 1. The molecule has 32 heavy (non-hydrogen) atoms. The molecule has 1 aromatic carbocycles. The maximum Gasteiger partial charge on any atom is 0.119 e. The lowest BCUT2D eigenvalue weighted by molar-refractivity contribution is -0.0348. The molecule has 5 rings (SSSR count). The predicted octanol–water partition coefficient (Wildman–Crippen LogP) is 4.59. The molecule has 1 N–H and O–H groups in total. The van der Waals surface area contributed by atoms with E-state index >= 15 is 0 Å². The Balaban J connectivity index is 1.35. The molecule has 7 heteroatoms. The number of hydrogen-bond donors (Lipinski definition) is 1. The lowest BCUT2D eigenvalue weighted by Gasteiger charge is -2.32. The van der Waals surface area contributed by atoms with E-state index in [9.17, 15) is 0 Å². The topological polar surface area (TPSA) is 68.2 Å². The predicted molar refractivity (Wildman–Crippen MR) is 125 cm³/mol. The molecule has 0 unspecified atom stereocenters. The maximum atomic E-state index is 6.08. The van der Waals surface area contributed by atoms with Gasteiger partial charge in [-0.25, -0.2) is 0 Å². The van der Waals surface area contributed by atoms with Crippen LogP contribution in [0.1, 0.15) is 37.3 Å². The fraction of sp³-hybridized carbons (Fsp3) is 0.360. The second-order valence-electron chi connectivity index (χ2n) is 8.58. The SMILES string of the molecule is COc1ccc2c(c1)c(CN1CCO[C@H](c3ccc(-c4ccn[nH]4)cn3)C1)cn2C(C)C. The molecule has 166 valence electrons. The molecule has 0 amide bonds. The van der Waals surface area contributed by atoms with Crippen LogP contribution in [-0.2, 0) is 11.3 Å². The third kappa shape index (κ3) is 4.01. The number of H-pyrrole nitrogens is 1. The van der Waals surface area contributed by atoms with E-state index in [1.54, 1.807) is 13.3 Å². The van der Waals surface area contributed by atoms with Crippen LogP contribution in [0, 0.1) is 0 Å². The number of aromatic nitrogens is 4. The van der Waals surface area contributed by atoms with Gasteiger partial charge < -0.3 is 14.0 Å². The monoisotopic (exact) mass is 431 g/mol. The van der Waals surface area contributed by atoms with Crippen molar-refractivity contribution in [1.82, 2.24) is 24.6 Å². The fourth-order valence-corrected chi connectivity index (χ4v) is 4.42. The van der Waals surface area contributed by atoms with E-state index in [1.807, 2.05) is 18.3 Å². The Morgan fingerprint density at radius 1 is 1.22 bits per heavy atom. The summed E-state index contributed by atoms with van der Waals surface area (Å²) < 4.78 is 13.9. The number of nitrogens with zero attached hydrogens (tertiary/aromatic N) is 4. The highest BCUT2D eigenvalue weighted by Gasteiger charge is 2.24. The number of hydrogen-bond acceptors (Lipinski definition) is 5. The molecule has 3 aromatic heterocycles. The standard InChI is InChI=1S/C25H29N5O2/c1-17(2)30-15-19(21-12-20(31-3)5-7-24(21)30)14-29-10-11-32-25(16-29)23-6-4-18(13-26-23)22-8-9-27-28-22/h4-9,12-13,15,17,25H,10-11,14,16H2,1-3H3,(H,27,28)/t25-/m0/s1. The molecule has 0 aliphatic carbocycles. The molecule has 0 bridgehead atoms. The molecular weight excluding hydrogens is 402 g/mol. The van der Waals surface area contributed by atoms with Crippen molar-refractivity contribution in [1.29, 1.82) is 0 Å². The van der Waals surface area contributed by atoms with E-state index in [1.165, 1.54) is 16.5 Å². The van der Waals surface area contributed by atoms with Crippen molar-refractivity contribution in [3.05, 3.63) is 66.2 Å². The number of rotatable bonds is 6. The summed E-state index contributed by atoms with van der Waals surface area (Å²) in [5, 5.41) is 8.24. The van der Waals surface area contributed by atoms with Gasteiger partial charge in [0.25, 0.3) is 0 Å². The van der Waals surface area contributed by atoms with Gasteiger partial charge in [0.15, 0.2) is 0 Å². The molecule has 1 saturated heterocycles. The lowest BCUT2D eigenvalue weighted by atomic mass is 10.1. The number of morpholine rings is 1. The summed E-state index contributed by atoms with van der Waals surface area (Å²) in [6.45, 7) is 7.72. The third-order valence-electron chi connectivity index (χ3n) is 6.15. The summed E-state index contributed by atoms with van der Waals surface area (Å²) in [5.74, 6) is 0.890. The molecule has 1 fully saturated rings. The highest BCUT2D eigenvalue weighted by atomic mass is 16.5. The van der Waals surface area contributed by atoms with Crippen molar-refractivity contribution in [2.45, 2.75) is 32.5 Å². The Kier molecular flexibility index (Phi) is 5.68. The van der Waals surface area contributed by atoms with E-state index in [-0.39, 0.29) is 6.10 Å². The van der Waals surface area contributed by atoms with Crippen LogP contribution >= 0.6 is 0 Å². The van der Waals surface area contributed by atoms with E-state index < -0.39 is 0 Å². The van der Waals surface area contributed by atoms with Gasteiger partial charge in [-0.15, -0.1) is 0 Å². The van der Waals surface area contributed by atoms with Gasteiger partial charge in [-0.1, -0.05) is 0 Å². The average Bonchev–Trinajstić information content (AvgIpc) is 3.48. The minimum Gasteiger partial charge on any atom is -0.497 e. The minimum absolute atomic E-state index is 0.0347. The van der Waals surface area contributed by atoms with Crippen molar-refractivity contribution in [2.24, 2.45) is 0 Å². The molecular formula is C25H29N5O2. The maximum absolute atomic E-state index is 6.08. The van der Waals surface area contributed by atoms with Gasteiger partial charge in [-0.05, 0) is 55.8 Å². The molecule has 1 aliphatic rings. The number of fused-ring (bicyclic) bond motifs is 1. The van der Waals surface area contributed by atoms with E-state index in [2.05, 4.69) is 69.0 Å². The van der Waals surface area contributed by atoms with Gasteiger partial charge in [-0.2, -0.15) is 5.10 Å². The second kappa shape index (κ2) is 8.76. The van der Waals surface area contributed by atoms with Crippen LogP contribution in [0.25, 0.3) is 22.2 Å². The first kappa shape index (κ1) is 20.7. The van der Waals surface area contributed by atoms with Crippen LogP contribution in [0.15, 0.2) is 55.0 Å². The Bertz CT molecular complexity index is 1180. The zero-order chi connectivity index (χ0) is 22.1. The van der Waals surface area contributed by atoms with Crippen LogP contribution in [0.5, 0.6) is 5.75 Å². The fourth-order valence-electron chi connectivity index (χ4n) is 4.42. The first-order chi connectivity index (χ1) is 15.6. The first-order valence-corrected chi connectivity index (χ1v) is 11.1. The Labute approximate surface area is 188 Å². The Morgan fingerprint density at radius 3 is 2.84 bits per heavy atom. The molecule has 7 nitrogen and oxygen atoms in total. The van der Waals surface area contributed by atoms with Crippen molar-refractivity contribution >= 4 is 10.9 Å².